The fraction of sp³-hybridized carbons (Fsp3) is 0.133. The van der Waals surface area contributed by atoms with Crippen molar-refractivity contribution in [1.82, 2.24) is 9.55 Å². The van der Waals surface area contributed by atoms with E-state index in [-0.39, 0.29) is 5.56 Å². The van der Waals surface area contributed by atoms with E-state index >= 15 is 0 Å². The Hall–Kier alpha value is -2.12. The molecule has 0 aliphatic heterocycles. The molecular weight excluding hydrogens is 318 g/mol. The van der Waals surface area contributed by atoms with Gasteiger partial charge in [-0.1, -0.05) is 30.0 Å². The Kier molecular flexibility index (Phi) is 4.00. The lowest BCUT2D eigenvalue weighted by atomic mass is 10.3. The van der Waals surface area contributed by atoms with Crippen LogP contribution in [-0.4, -0.2) is 20.7 Å². The largest absolute Gasteiger partial charge is 0.369 e. The number of para-hydroxylation sites is 1. The number of aromatic nitrogens is 2. The zero-order valence-corrected chi connectivity index (χ0v) is 13.4. The molecule has 1 unspecified atom stereocenters. The average molecular weight is 331 g/mol. The summed E-state index contributed by atoms with van der Waals surface area (Å²) in [5, 5.41) is 1.83. The van der Waals surface area contributed by atoms with Crippen molar-refractivity contribution in [3.63, 3.8) is 0 Å². The van der Waals surface area contributed by atoms with Crippen molar-refractivity contribution in [2.75, 3.05) is 0 Å². The van der Waals surface area contributed by atoms with Gasteiger partial charge in [0.05, 0.1) is 16.5 Å². The average Bonchev–Trinajstić information content (AvgIpc) is 2.97. The molecule has 0 spiro atoms. The van der Waals surface area contributed by atoms with Crippen molar-refractivity contribution < 1.29 is 4.79 Å². The molecule has 22 heavy (non-hydrogen) atoms. The standard InChI is InChI=1S/C15H13N3O2S2/c1-9(13(16)19)22-15-17-11-7-8-21-12(11)14(20)18(15)10-5-3-2-4-6-10/h2-9H,1H3,(H2,16,19). The van der Waals surface area contributed by atoms with Gasteiger partial charge in [0.1, 0.15) is 4.70 Å². The van der Waals surface area contributed by atoms with Crippen LogP contribution in [0.5, 0.6) is 0 Å². The van der Waals surface area contributed by atoms with Crippen LogP contribution in [0.4, 0.5) is 0 Å². The first kappa shape index (κ1) is 14.8. The van der Waals surface area contributed by atoms with Gasteiger partial charge < -0.3 is 5.73 Å². The van der Waals surface area contributed by atoms with E-state index in [1.807, 2.05) is 35.7 Å². The molecule has 2 heterocycles. The maximum absolute atomic E-state index is 12.8. The summed E-state index contributed by atoms with van der Waals surface area (Å²) in [5.41, 5.74) is 6.55. The molecule has 0 aliphatic rings. The molecule has 7 heteroatoms. The van der Waals surface area contributed by atoms with E-state index < -0.39 is 11.2 Å². The predicted molar refractivity (Wildman–Crippen MR) is 89.7 cm³/mol. The van der Waals surface area contributed by atoms with E-state index in [2.05, 4.69) is 4.98 Å². The van der Waals surface area contributed by atoms with Crippen LogP contribution in [0.15, 0.2) is 51.7 Å². The van der Waals surface area contributed by atoms with Gasteiger partial charge in [0.25, 0.3) is 5.56 Å². The number of hydrogen-bond acceptors (Lipinski definition) is 5. The van der Waals surface area contributed by atoms with Crippen molar-refractivity contribution in [3.8, 4) is 5.69 Å². The van der Waals surface area contributed by atoms with Gasteiger partial charge in [-0.3, -0.25) is 14.2 Å². The van der Waals surface area contributed by atoms with Gasteiger partial charge >= 0.3 is 0 Å². The normalized spacial score (nSPS) is 12.4. The SMILES string of the molecule is CC(Sc1nc2ccsc2c(=O)n1-c1ccccc1)C(N)=O. The molecule has 0 aliphatic carbocycles. The van der Waals surface area contributed by atoms with E-state index in [0.29, 0.717) is 15.4 Å². The lowest BCUT2D eigenvalue weighted by molar-refractivity contribution is -0.117. The van der Waals surface area contributed by atoms with Crippen LogP contribution < -0.4 is 11.3 Å². The van der Waals surface area contributed by atoms with Gasteiger partial charge in [-0.2, -0.15) is 0 Å². The zero-order valence-electron chi connectivity index (χ0n) is 11.7. The summed E-state index contributed by atoms with van der Waals surface area (Å²) in [6.07, 6.45) is 0. The Morgan fingerprint density at radius 3 is 2.73 bits per heavy atom. The van der Waals surface area contributed by atoms with Crippen LogP contribution in [0.1, 0.15) is 6.92 Å². The molecule has 1 atom stereocenters. The van der Waals surface area contributed by atoms with E-state index in [4.69, 9.17) is 5.73 Å². The highest BCUT2D eigenvalue weighted by atomic mass is 32.2. The Balaban J connectivity index is 2.24. The molecule has 0 bridgehead atoms. The first-order valence-electron chi connectivity index (χ1n) is 6.59. The monoisotopic (exact) mass is 331 g/mol. The molecule has 0 fully saturated rings. The van der Waals surface area contributed by atoms with Crippen LogP contribution in [0, 0.1) is 0 Å². The second kappa shape index (κ2) is 5.94. The molecular formula is C15H13N3O2S2. The smallest absolute Gasteiger partial charge is 0.276 e. The lowest BCUT2D eigenvalue weighted by Gasteiger charge is -2.13. The Bertz CT molecular complexity index is 887. The quantitative estimate of drug-likeness (QED) is 0.588. The number of primary amides is 1. The minimum Gasteiger partial charge on any atom is -0.369 e. The van der Waals surface area contributed by atoms with Crippen LogP contribution in [-0.2, 0) is 4.79 Å². The molecule has 112 valence electrons. The first-order valence-corrected chi connectivity index (χ1v) is 8.35. The van der Waals surface area contributed by atoms with Crippen LogP contribution in [0.2, 0.25) is 0 Å². The van der Waals surface area contributed by atoms with Crippen LogP contribution >= 0.6 is 23.1 Å². The van der Waals surface area contributed by atoms with Gasteiger partial charge in [0, 0.05) is 0 Å². The Morgan fingerprint density at radius 1 is 1.32 bits per heavy atom. The third-order valence-electron chi connectivity index (χ3n) is 3.15. The van der Waals surface area contributed by atoms with E-state index in [1.54, 1.807) is 13.0 Å². The summed E-state index contributed by atoms with van der Waals surface area (Å²) in [5.74, 6) is -0.440. The van der Waals surface area contributed by atoms with Gasteiger partial charge in [-0.05, 0) is 30.5 Å². The maximum Gasteiger partial charge on any atom is 0.276 e. The number of nitrogens with zero attached hydrogens (tertiary/aromatic N) is 2. The third-order valence-corrected chi connectivity index (χ3v) is 5.11. The van der Waals surface area contributed by atoms with Crippen molar-refractivity contribution in [2.45, 2.75) is 17.3 Å². The molecule has 0 saturated carbocycles. The molecule has 1 aromatic carbocycles. The number of rotatable bonds is 4. The maximum atomic E-state index is 12.8. The molecule has 3 aromatic rings. The van der Waals surface area contributed by atoms with Gasteiger partial charge in [-0.25, -0.2) is 4.98 Å². The predicted octanol–water partition coefficient (Wildman–Crippen LogP) is 2.41. The number of carbonyl (C=O) groups is 1. The number of thioether (sulfide) groups is 1. The van der Waals surface area contributed by atoms with Crippen LogP contribution in [0.3, 0.4) is 0 Å². The lowest BCUT2D eigenvalue weighted by Crippen LogP contribution is -2.26. The number of thiophene rings is 1. The third kappa shape index (κ3) is 2.65. The Labute approximate surface area is 134 Å². The summed E-state index contributed by atoms with van der Waals surface area (Å²) in [6, 6.07) is 11.1. The Morgan fingerprint density at radius 2 is 2.05 bits per heavy atom. The zero-order chi connectivity index (χ0) is 15.7. The molecule has 2 N–H and O–H groups in total. The first-order chi connectivity index (χ1) is 10.6. The van der Waals surface area contributed by atoms with E-state index in [9.17, 15) is 9.59 Å². The highest BCUT2D eigenvalue weighted by Gasteiger charge is 2.18. The summed E-state index contributed by atoms with van der Waals surface area (Å²) in [7, 11) is 0. The van der Waals surface area contributed by atoms with Crippen molar-refractivity contribution in [2.24, 2.45) is 5.73 Å². The second-order valence-electron chi connectivity index (χ2n) is 4.67. The molecule has 2 aromatic heterocycles. The fourth-order valence-corrected chi connectivity index (χ4v) is 3.63. The number of nitrogens with two attached hydrogens (primary N) is 1. The summed E-state index contributed by atoms with van der Waals surface area (Å²) in [4.78, 5) is 28.6. The van der Waals surface area contributed by atoms with E-state index in [0.717, 1.165) is 5.69 Å². The number of amides is 1. The number of benzene rings is 1. The number of carbonyl (C=O) groups excluding carboxylic acids is 1. The summed E-state index contributed by atoms with van der Waals surface area (Å²) in [6.45, 7) is 1.70. The van der Waals surface area contributed by atoms with Crippen molar-refractivity contribution in [3.05, 3.63) is 52.1 Å². The van der Waals surface area contributed by atoms with Crippen molar-refractivity contribution >= 4 is 39.2 Å². The fourth-order valence-electron chi connectivity index (χ4n) is 1.99. The van der Waals surface area contributed by atoms with Gasteiger partial charge in [-0.15, -0.1) is 11.3 Å². The molecule has 3 rings (SSSR count). The van der Waals surface area contributed by atoms with Crippen molar-refractivity contribution in [1.29, 1.82) is 0 Å². The number of hydrogen-bond donors (Lipinski definition) is 1. The minimum absolute atomic E-state index is 0.134. The molecule has 1 amide bonds. The van der Waals surface area contributed by atoms with Gasteiger partial charge in [0.15, 0.2) is 5.16 Å². The summed E-state index contributed by atoms with van der Waals surface area (Å²) >= 11 is 2.55. The van der Waals surface area contributed by atoms with Gasteiger partial charge in [0.2, 0.25) is 5.91 Å². The number of fused-ring (bicyclic) bond motifs is 1. The second-order valence-corrected chi connectivity index (χ2v) is 6.89. The molecule has 5 nitrogen and oxygen atoms in total. The van der Waals surface area contributed by atoms with E-state index in [1.165, 1.54) is 27.7 Å². The minimum atomic E-state index is -0.474. The molecule has 0 radical (unpaired) electrons. The summed E-state index contributed by atoms with van der Waals surface area (Å²) < 4.78 is 2.13. The topological polar surface area (TPSA) is 78.0 Å². The molecule has 0 saturated heterocycles. The highest BCUT2D eigenvalue weighted by molar-refractivity contribution is 8.00. The highest BCUT2D eigenvalue weighted by Crippen LogP contribution is 2.26. The van der Waals surface area contributed by atoms with Crippen LogP contribution in [0.25, 0.3) is 15.9 Å².